The third kappa shape index (κ3) is 6.11. The van der Waals surface area contributed by atoms with E-state index in [4.69, 9.17) is 16.3 Å². The van der Waals surface area contributed by atoms with Gasteiger partial charge in [-0.15, -0.1) is 0 Å². The highest BCUT2D eigenvalue weighted by Crippen LogP contribution is 2.77. The van der Waals surface area contributed by atoms with Crippen molar-refractivity contribution in [2.45, 2.75) is 145 Å². The third-order valence-electron chi connectivity index (χ3n) is 16.1. The number of hydrogen-bond donors (Lipinski definition) is 3. The minimum Gasteiger partial charge on any atom is -0.481 e. The molecule has 0 saturated heterocycles. The topological polar surface area (TPSA) is 113 Å². The number of aliphatic hydroxyl groups is 1. The van der Waals surface area contributed by atoms with Crippen molar-refractivity contribution in [2.24, 2.45) is 56.2 Å². The van der Waals surface area contributed by atoms with Gasteiger partial charge in [0.2, 0.25) is 0 Å². The number of rotatable bonds is 10. The lowest BCUT2D eigenvalue weighted by Crippen LogP contribution is -2.66. The van der Waals surface area contributed by atoms with Crippen molar-refractivity contribution in [3.8, 4) is 0 Å². The molecule has 0 radical (unpaired) electrons. The smallest absolute Gasteiger partial charge is 0.309 e. The van der Waals surface area contributed by atoms with Crippen molar-refractivity contribution in [2.75, 3.05) is 6.54 Å². The minimum absolute atomic E-state index is 0.0166. The molecule has 0 bridgehead atoms. The molecule has 9 atom stereocenters. The van der Waals surface area contributed by atoms with Crippen LogP contribution in [0, 0.1) is 56.2 Å². The fraction of sp³-hybridized carbons (Fsp3) is 0.750. The van der Waals surface area contributed by atoms with Gasteiger partial charge in [0.15, 0.2) is 5.78 Å². The number of carboxylic acid groups (broad SMARTS) is 1. The summed E-state index contributed by atoms with van der Waals surface area (Å²) in [4.78, 5) is 38.8. The number of carbonyl (C=O) groups is 3. The van der Waals surface area contributed by atoms with Gasteiger partial charge in [-0.05, 0) is 128 Å². The molecule has 4 fully saturated rings. The lowest BCUT2D eigenvalue weighted by Gasteiger charge is -2.72. The molecule has 5 aliphatic rings. The molecule has 5 aliphatic carbocycles. The zero-order chi connectivity index (χ0) is 38.2. The van der Waals surface area contributed by atoms with E-state index in [0.717, 1.165) is 62.5 Å². The maximum Gasteiger partial charge on any atom is 0.309 e. The second-order valence-corrected chi connectivity index (χ2v) is 20.3. The highest BCUT2D eigenvalue weighted by Gasteiger charge is 2.70. The SMILES string of the molecule is CC(C)C1=C2[C@H]3CC[C@@H]4[C@@]5(C)CC[C@H](OC(=O)CC(C)(C)C(=O)O)C(C)(C)[C@@H]5CC[C@@]4(C)[C@]3(C)CC[C@@]2([C@H](O)CNCc2cccc(Cl)c2)CC1=O. The lowest BCUT2D eigenvalue weighted by atomic mass is 9.33. The molecule has 0 spiro atoms. The molecule has 7 nitrogen and oxygen atoms in total. The van der Waals surface area contributed by atoms with Gasteiger partial charge in [-0.1, -0.05) is 77.8 Å². The molecule has 1 aromatic carbocycles. The summed E-state index contributed by atoms with van der Waals surface area (Å²) >= 11 is 6.24. The monoisotopic (exact) mass is 737 g/mol. The zero-order valence-corrected chi connectivity index (χ0v) is 33.9. The summed E-state index contributed by atoms with van der Waals surface area (Å²) in [7, 11) is 0. The lowest BCUT2D eigenvalue weighted by molar-refractivity contribution is -0.235. The largest absolute Gasteiger partial charge is 0.481 e. The molecule has 3 N–H and O–H groups in total. The van der Waals surface area contributed by atoms with Gasteiger partial charge < -0.3 is 20.3 Å². The molecule has 52 heavy (non-hydrogen) atoms. The molecular weight excluding hydrogens is 674 g/mol. The second-order valence-electron chi connectivity index (χ2n) is 19.8. The van der Waals surface area contributed by atoms with Crippen molar-refractivity contribution in [1.29, 1.82) is 0 Å². The van der Waals surface area contributed by atoms with Crippen LogP contribution in [0.3, 0.4) is 0 Å². The summed E-state index contributed by atoms with van der Waals surface area (Å²) in [6, 6.07) is 7.80. The fourth-order valence-corrected chi connectivity index (χ4v) is 13.3. The first-order valence-corrected chi connectivity index (χ1v) is 20.4. The van der Waals surface area contributed by atoms with Gasteiger partial charge in [-0.2, -0.15) is 0 Å². The van der Waals surface area contributed by atoms with Gasteiger partial charge in [-0.3, -0.25) is 14.4 Å². The highest BCUT2D eigenvalue weighted by molar-refractivity contribution is 6.30. The quantitative estimate of drug-likeness (QED) is 0.205. The maximum absolute atomic E-state index is 14.0. The van der Waals surface area contributed by atoms with Gasteiger partial charge in [0, 0.05) is 35.4 Å². The summed E-state index contributed by atoms with van der Waals surface area (Å²) < 4.78 is 6.16. The van der Waals surface area contributed by atoms with Crippen LogP contribution >= 0.6 is 11.6 Å². The fourth-order valence-electron chi connectivity index (χ4n) is 13.1. The van der Waals surface area contributed by atoms with E-state index in [1.54, 1.807) is 13.8 Å². The van der Waals surface area contributed by atoms with Crippen molar-refractivity contribution in [3.63, 3.8) is 0 Å². The number of fused-ring (bicyclic) bond motifs is 7. The van der Waals surface area contributed by atoms with E-state index < -0.39 is 28.9 Å². The molecule has 4 saturated carbocycles. The number of aliphatic hydroxyl groups excluding tert-OH is 1. The zero-order valence-electron chi connectivity index (χ0n) is 33.2. The Morgan fingerprint density at radius 2 is 1.69 bits per heavy atom. The van der Waals surface area contributed by atoms with Gasteiger partial charge in [0.25, 0.3) is 0 Å². The summed E-state index contributed by atoms with van der Waals surface area (Å²) in [6.07, 6.45) is 7.14. The number of esters is 1. The van der Waals surface area contributed by atoms with Crippen molar-refractivity contribution < 1.29 is 29.3 Å². The Kier molecular flexibility index (Phi) is 10.3. The molecule has 0 heterocycles. The molecule has 1 aromatic rings. The number of carbonyl (C=O) groups excluding carboxylic acids is 2. The van der Waals surface area contributed by atoms with Crippen LogP contribution in [0.2, 0.25) is 5.02 Å². The van der Waals surface area contributed by atoms with Crippen LogP contribution < -0.4 is 5.32 Å². The van der Waals surface area contributed by atoms with Crippen LogP contribution in [-0.4, -0.2) is 46.7 Å². The Morgan fingerprint density at radius 3 is 2.35 bits per heavy atom. The molecular formula is C44H64ClNO6. The van der Waals surface area contributed by atoms with Crippen LogP contribution in [-0.2, 0) is 25.7 Å². The number of aliphatic carboxylic acids is 1. The van der Waals surface area contributed by atoms with E-state index in [-0.39, 0.29) is 51.8 Å². The predicted molar refractivity (Wildman–Crippen MR) is 205 cm³/mol. The molecule has 0 amide bonds. The Morgan fingerprint density at radius 1 is 0.981 bits per heavy atom. The Bertz CT molecular complexity index is 1630. The van der Waals surface area contributed by atoms with E-state index >= 15 is 0 Å². The van der Waals surface area contributed by atoms with Gasteiger partial charge in [-0.25, -0.2) is 0 Å². The molecule has 0 aliphatic heterocycles. The summed E-state index contributed by atoms with van der Waals surface area (Å²) in [5, 5.41) is 25.9. The van der Waals surface area contributed by atoms with Crippen LogP contribution in [0.1, 0.15) is 132 Å². The number of ether oxygens (including phenoxy) is 1. The first-order valence-electron chi connectivity index (χ1n) is 20.0. The average molecular weight is 738 g/mol. The van der Waals surface area contributed by atoms with Gasteiger partial charge >= 0.3 is 11.9 Å². The van der Waals surface area contributed by atoms with Crippen molar-refractivity contribution in [1.82, 2.24) is 5.32 Å². The molecule has 288 valence electrons. The number of carboxylic acids is 1. The van der Waals surface area contributed by atoms with Crippen LogP contribution in [0.25, 0.3) is 0 Å². The van der Waals surface area contributed by atoms with Gasteiger partial charge in [0.05, 0.1) is 17.9 Å². The Balaban J connectivity index is 1.26. The van der Waals surface area contributed by atoms with Crippen LogP contribution in [0.15, 0.2) is 35.4 Å². The van der Waals surface area contributed by atoms with E-state index in [1.165, 1.54) is 5.57 Å². The third-order valence-corrected chi connectivity index (χ3v) is 16.3. The average Bonchev–Trinajstić information content (AvgIpc) is 3.36. The van der Waals surface area contributed by atoms with Gasteiger partial charge in [0.1, 0.15) is 6.10 Å². The first kappa shape index (κ1) is 39.5. The normalized spacial score (nSPS) is 37.5. The number of Topliss-reactive ketones (excluding diaryl/α,β-unsaturated/α-hetero) is 1. The number of nitrogens with one attached hydrogen (secondary N) is 1. The van der Waals surface area contributed by atoms with Crippen LogP contribution in [0.4, 0.5) is 0 Å². The van der Waals surface area contributed by atoms with E-state index in [2.05, 4.69) is 53.8 Å². The highest BCUT2D eigenvalue weighted by atomic mass is 35.5. The van der Waals surface area contributed by atoms with Crippen molar-refractivity contribution in [3.05, 3.63) is 46.0 Å². The van der Waals surface area contributed by atoms with E-state index in [9.17, 15) is 24.6 Å². The number of benzene rings is 1. The van der Waals surface area contributed by atoms with E-state index in [1.807, 2.05) is 24.3 Å². The number of allylic oxidation sites excluding steroid dienone is 1. The first-order chi connectivity index (χ1) is 24.1. The summed E-state index contributed by atoms with van der Waals surface area (Å²) in [6.45, 7) is 20.6. The number of ketones is 1. The number of hydrogen-bond acceptors (Lipinski definition) is 6. The predicted octanol–water partition coefficient (Wildman–Crippen LogP) is 9.18. The molecule has 0 unspecified atom stereocenters. The van der Waals surface area contributed by atoms with Crippen LogP contribution in [0.5, 0.6) is 0 Å². The summed E-state index contributed by atoms with van der Waals surface area (Å²) in [5.74, 6) is 0.0236. The summed E-state index contributed by atoms with van der Waals surface area (Å²) in [5.41, 5.74) is 1.49. The molecule has 6 rings (SSSR count). The number of halogens is 1. The maximum atomic E-state index is 14.0. The molecule has 0 aromatic heterocycles. The second kappa shape index (κ2) is 13.5. The standard InChI is InChI=1S/C44H64ClNO6/c1-26(2)36-30(47)22-44(33(48)25-46-24-27-11-10-12-28(45)21-27)20-19-42(8)29(37(36)44)13-14-32-41(7)17-16-34(52-35(49)23-39(3,4)38(50)51)40(5,6)31(41)15-18-43(32,42)9/h10-12,21,26,29,31-34,46,48H,13-20,22-25H2,1-9H3,(H,50,51)/t29-,31+,32-,33-,34+,41+,42-,43-,44+/m1/s1. The van der Waals surface area contributed by atoms with Crippen molar-refractivity contribution >= 4 is 29.3 Å². The Labute approximate surface area is 317 Å². The Hall–Kier alpha value is -2.22. The van der Waals surface area contributed by atoms with E-state index in [0.29, 0.717) is 36.4 Å². The minimum atomic E-state index is -1.17. The molecule has 8 heteroatoms.